The number of unbranched alkanes of at least 4 members (excludes halogenated alkanes) is 22. The Labute approximate surface area is 421 Å². The highest BCUT2D eigenvalue weighted by atomic mass is 16.6. The standard InChI is InChI=1S/C63H106O5/c1-4-7-10-13-16-19-22-25-28-30-31-32-34-37-40-43-46-49-52-55-58-66-59-61(68-63(65)57-54-51-48-45-42-39-35-27-24-21-18-15-12-9-6-3)60-67-62(64)56-53-50-47-44-41-38-36-33-29-26-23-20-17-14-11-8-5-2/h8-9,11-12,16-21,25-29,35,42,45,61H,4-7,10,13-15,22-24,30-34,36-41,43-44,46-60H2,1-3H3/b11-8-,12-9-,19-16-,20-17-,21-18-,28-25-,29-26-,35-27-,45-42-. The van der Waals surface area contributed by atoms with E-state index in [4.69, 9.17) is 14.2 Å². The van der Waals surface area contributed by atoms with Crippen LogP contribution in [0.3, 0.4) is 0 Å². The Balaban J connectivity index is 4.35. The van der Waals surface area contributed by atoms with E-state index < -0.39 is 6.10 Å². The number of carbonyl (C=O) groups is 2. The fourth-order valence-corrected chi connectivity index (χ4v) is 7.60. The molecule has 0 saturated carbocycles. The molecular weight excluding hydrogens is 837 g/mol. The van der Waals surface area contributed by atoms with Crippen molar-refractivity contribution < 1.29 is 23.8 Å². The van der Waals surface area contributed by atoms with Crippen LogP contribution in [-0.2, 0) is 23.8 Å². The maximum atomic E-state index is 12.8. The van der Waals surface area contributed by atoms with Gasteiger partial charge in [0.05, 0.1) is 6.61 Å². The summed E-state index contributed by atoms with van der Waals surface area (Å²) in [6, 6.07) is 0. The van der Waals surface area contributed by atoms with Crippen molar-refractivity contribution in [2.45, 2.75) is 258 Å². The number of ether oxygens (including phenoxy) is 3. The van der Waals surface area contributed by atoms with Gasteiger partial charge < -0.3 is 14.2 Å². The first-order valence-corrected chi connectivity index (χ1v) is 28.4. The minimum atomic E-state index is -0.571. The third-order valence-electron chi connectivity index (χ3n) is 11.8. The van der Waals surface area contributed by atoms with Crippen molar-refractivity contribution in [2.24, 2.45) is 0 Å². The van der Waals surface area contributed by atoms with E-state index in [0.717, 1.165) is 109 Å². The molecule has 0 amide bonds. The van der Waals surface area contributed by atoms with Gasteiger partial charge in [0.2, 0.25) is 0 Å². The number of hydrogen-bond acceptors (Lipinski definition) is 5. The van der Waals surface area contributed by atoms with Crippen molar-refractivity contribution in [3.63, 3.8) is 0 Å². The Morgan fingerprint density at radius 1 is 0.338 bits per heavy atom. The van der Waals surface area contributed by atoms with Crippen LogP contribution in [0.25, 0.3) is 0 Å². The molecule has 0 aromatic heterocycles. The van der Waals surface area contributed by atoms with E-state index in [-0.39, 0.29) is 25.2 Å². The van der Waals surface area contributed by atoms with Crippen molar-refractivity contribution in [1.29, 1.82) is 0 Å². The second-order valence-corrected chi connectivity index (χ2v) is 18.4. The molecule has 0 N–H and O–H groups in total. The zero-order valence-electron chi connectivity index (χ0n) is 44.6. The second kappa shape index (κ2) is 57.9. The molecule has 0 aliphatic rings. The molecule has 0 aliphatic carbocycles. The molecule has 0 radical (unpaired) electrons. The molecule has 0 rings (SSSR count). The van der Waals surface area contributed by atoms with Gasteiger partial charge in [0.15, 0.2) is 6.10 Å². The number of esters is 2. The van der Waals surface area contributed by atoms with Crippen LogP contribution < -0.4 is 0 Å². The van der Waals surface area contributed by atoms with Crippen LogP contribution in [0.4, 0.5) is 0 Å². The second-order valence-electron chi connectivity index (χ2n) is 18.4. The van der Waals surface area contributed by atoms with Crippen LogP contribution in [0, 0.1) is 0 Å². The Kier molecular flexibility index (Phi) is 54.9. The monoisotopic (exact) mass is 943 g/mol. The molecule has 0 fully saturated rings. The van der Waals surface area contributed by atoms with E-state index >= 15 is 0 Å². The van der Waals surface area contributed by atoms with E-state index in [9.17, 15) is 9.59 Å². The average Bonchev–Trinajstić information content (AvgIpc) is 3.34. The quantitative estimate of drug-likeness (QED) is 0.0345. The van der Waals surface area contributed by atoms with Crippen molar-refractivity contribution in [3.8, 4) is 0 Å². The van der Waals surface area contributed by atoms with Gasteiger partial charge in [-0.15, -0.1) is 0 Å². The number of allylic oxidation sites excluding steroid dienone is 18. The number of carbonyl (C=O) groups excluding carboxylic acids is 2. The zero-order valence-corrected chi connectivity index (χ0v) is 44.6. The normalized spacial score (nSPS) is 13.0. The third kappa shape index (κ3) is 55.2. The molecule has 388 valence electrons. The molecule has 1 atom stereocenters. The number of rotatable bonds is 51. The lowest BCUT2D eigenvalue weighted by Crippen LogP contribution is -2.30. The maximum Gasteiger partial charge on any atom is 0.306 e. The molecule has 68 heavy (non-hydrogen) atoms. The molecule has 1 unspecified atom stereocenters. The summed E-state index contributed by atoms with van der Waals surface area (Å²) in [5, 5.41) is 0. The third-order valence-corrected chi connectivity index (χ3v) is 11.8. The minimum absolute atomic E-state index is 0.0567. The summed E-state index contributed by atoms with van der Waals surface area (Å²) in [7, 11) is 0. The molecule has 0 bridgehead atoms. The summed E-state index contributed by atoms with van der Waals surface area (Å²) in [5.41, 5.74) is 0. The topological polar surface area (TPSA) is 61.8 Å². The first kappa shape index (κ1) is 64.6. The lowest BCUT2D eigenvalue weighted by molar-refractivity contribution is -0.163. The fourth-order valence-electron chi connectivity index (χ4n) is 7.60. The summed E-state index contributed by atoms with van der Waals surface area (Å²) in [4.78, 5) is 25.5. The first-order valence-electron chi connectivity index (χ1n) is 28.4. The highest BCUT2D eigenvalue weighted by molar-refractivity contribution is 5.70. The predicted octanol–water partition coefficient (Wildman–Crippen LogP) is 19.6. The molecule has 0 saturated heterocycles. The Morgan fingerprint density at radius 2 is 0.662 bits per heavy atom. The zero-order chi connectivity index (χ0) is 49.2. The summed E-state index contributed by atoms with van der Waals surface area (Å²) < 4.78 is 17.4. The molecule has 5 nitrogen and oxygen atoms in total. The summed E-state index contributed by atoms with van der Waals surface area (Å²) >= 11 is 0. The number of hydrogen-bond donors (Lipinski definition) is 0. The predicted molar refractivity (Wildman–Crippen MR) is 297 cm³/mol. The van der Waals surface area contributed by atoms with Gasteiger partial charge in [-0.2, -0.15) is 0 Å². The van der Waals surface area contributed by atoms with E-state index in [1.807, 2.05) is 0 Å². The van der Waals surface area contributed by atoms with Gasteiger partial charge in [-0.1, -0.05) is 226 Å². The molecule has 0 heterocycles. The van der Waals surface area contributed by atoms with Crippen LogP contribution in [0.2, 0.25) is 0 Å². The average molecular weight is 944 g/mol. The van der Waals surface area contributed by atoms with Crippen molar-refractivity contribution in [3.05, 3.63) is 109 Å². The first-order chi connectivity index (χ1) is 33.6. The van der Waals surface area contributed by atoms with Gasteiger partial charge in [0.25, 0.3) is 0 Å². The SMILES string of the molecule is CC/C=C\C/C=C\C/C=C\C/C=C\CCCCC(=O)OC(COCCCCCCCCCCCC/C=C\C/C=C\CCCCC)COC(=O)CCCCCCCCC/C=C\C/C=C\C/C=C\CC. The van der Waals surface area contributed by atoms with Crippen LogP contribution in [0.1, 0.15) is 252 Å². The lowest BCUT2D eigenvalue weighted by Gasteiger charge is -2.18. The van der Waals surface area contributed by atoms with Crippen molar-refractivity contribution >= 4 is 11.9 Å². The molecule has 0 aromatic carbocycles. The van der Waals surface area contributed by atoms with Gasteiger partial charge in [0.1, 0.15) is 6.61 Å². The largest absolute Gasteiger partial charge is 0.462 e. The smallest absolute Gasteiger partial charge is 0.306 e. The highest BCUT2D eigenvalue weighted by Gasteiger charge is 2.17. The maximum absolute atomic E-state index is 12.8. The minimum Gasteiger partial charge on any atom is -0.462 e. The van der Waals surface area contributed by atoms with Crippen LogP contribution in [0.15, 0.2) is 109 Å². The Hall–Kier alpha value is -3.44. The molecule has 5 heteroatoms. The molecular formula is C63H106O5. The van der Waals surface area contributed by atoms with Gasteiger partial charge in [-0.05, 0) is 122 Å². The van der Waals surface area contributed by atoms with Crippen molar-refractivity contribution in [2.75, 3.05) is 19.8 Å². The fraction of sp³-hybridized carbons (Fsp3) is 0.683. The van der Waals surface area contributed by atoms with Gasteiger partial charge in [0, 0.05) is 19.4 Å². The van der Waals surface area contributed by atoms with Gasteiger partial charge in [-0.25, -0.2) is 0 Å². The summed E-state index contributed by atoms with van der Waals surface area (Å²) in [6.07, 6.45) is 79.7. The van der Waals surface area contributed by atoms with Crippen molar-refractivity contribution in [1.82, 2.24) is 0 Å². The summed E-state index contributed by atoms with van der Waals surface area (Å²) in [6.45, 7) is 7.52. The molecule has 0 aromatic rings. The van der Waals surface area contributed by atoms with E-state index in [0.29, 0.717) is 19.4 Å². The van der Waals surface area contributed by atoms with E-state index in [1.165, 1.54) is 109 Å². The Morgan fingerprint density at radius 3 is 1.09 bits per heavy atom. The summed E-state index contributed by atoms with van der Waals surface area (Å²) in [5.74, 6) is -0.459. The lowest BCUT2D eigenvalue weighted by atomic mass is 10.1. The van der Waals surface area contributed by atoms with E-state index in [1.54, 1.807) is 0 Å². The molecule has 0 aliphatic heterocycles. The van der Waals surface area contributed by atoms with Crippen LogP contribution >= 0.6 is 0 Å². The Bertz CT molecular complexity index is 1340. The van der Waals surface area contributed by atoms with Crippen LogP contribution in [0.5, 0.6) is 0 Å². The highest BCUT2D eigenvalue weighted by Crippen LogP contribution is 2.14. The van der Waals surface area contributed by atoms with E-state index in [2.05, 4.69) is 130 Å². The van der Waals surface area contributed by atoms with Gasteiger partial charge in [-0.3, -0.25) is 9.59 Å². The van der Waals surface area contributed by atoms with Gasteiger partial charge >= 0.3 is 11.9 Å². The van der Waals surface area contributed by atoms with Crippen LogP contribution in [-0.4, -0.2) is 37.9 Å². The molecule has 0 spiro atoms.